The average Bonchev–Trinajstić information content (AvgIpc) is 3.06. The van der Waals surface area contributed by atoms with Gasteiger partial charge in [-0.05, 0) is 49.7 Å². The first-order valence-corrected chi connectivity index (χ1v) is 9.42. The van der Waals surface area contributed by atoms with Gasteiger partial charge < -0.3 is 4.90 Å². The third-order valence-corrected chi connectivity index (χ3v) is 6.57. The number of pyridine rings is 1. The molecule has 0 aromatic carbocycles. The van der Waals surface area contributed by atoms with Gasteiger partial charge in [-0.3, -0.25) is 9.88 Å². The van der Waals surface area contributed by atoms with E-state index in [4.69, 9.17) is 0 Å². The minimum Gasteiger partial charge on any atom is -0.368 e. The number of hydrogen-bond acceptors (Lipinski definition) is 3. The first-order chi connectivity index (χ1) is 11.0. The number of hydrogen-bond donors (Lipinski definition) is 0. The monoisotopic (exact) mass is 315 g/mol. The normalized spacial score (nSPS) is 26.7. The van der Waals surface area contributed by atoms with E-state index >= 15 is 0 Å². The molecule has 23 heavy (non-hydrogen) atoms. The fourth-order valence-electron chi connectivity index (χ4n) is 4.43. The summed E-state index contributed by atoms with van der Waals surface area (Å²) in [7, 11) is 0. The molecule has 2 atom stereocenters. The van der Waals surface area contributed by atoms with Gasteiger partial charge in [0.05, 0.1) is 11.4 Å². The second-order valence-electron chi connectivity index (χ2n) is 8.14. The third-order valence-electron chi connectivity index (χ3n) is 6.57. The van der Waals surface area contributed by atoms with Crippen molar-refractivity contribution in [2.24, 2.45) is 11.3 Å². The Kier molecular flexibility index (Phi) is 4.96. The van der Waals surface area contributed by atoms with Gasteiger partial charge in [-0.2, -0.15) is 0 Å². The minimum absolute atomic E-state index is 0.517. The molecule has 2 heterocycles. The van der Waals surface area contributed by atoms with Crippen molar-refractivity contribution in [2.45, 2.75) is 59.4 Å². The minimum atomic E-state index is 0.517. The summed E-state index contributed by atoms with van der Waals surface area (Å²) in [6.07, 6.45) is 7.43. The van der Waals surface area contributed by atoms with Crippen molar-refractivity contribution in [3.63, 3.8) is 0 Å². The zero-order valence-electron chi connectivity index (χ0n) is 15.4. The smallest absolute Gasteiger partial charge is 0.0605 e. The molecule has 0 radical (unpaired) electrons. The molecule has 0 N–H and O–H groups in total. The second kappa shape index (κ2) is 6.80. The summed E-state index contributed by atoms with van der Waals surface area (Å²) in [5.41, 5.74) is 3.00. The van der Waals surface area contributed by atoms with Crippen LogP contribution in [0.5, 0.6) is 0 Å². The largest absolute Gasteiger partial charge is 0.368 e. The van der Waals surface area contributed by atoms with Crippen molar-refractivity contribution >= 4 is 5.69 Å². The van der Waals surface area contributed by atoms with Gasteiger partial charge in [0.2, 0.25) is 0 Å². The Balaban J connectivity index is 1.55. The lowest BCUT2D eigenvalue weighted by Gasteiger charge is -2.40. The summed E-state index contributed by atoms with van der Waals surface area (Å²) in [6, 6.07) is 5.10. The van der Waals surface area contributed by atoms with Crippen LogP contribution in [0.25, 0.3) is 0 Å². The molecule has 1 aromatic rings. The predicted octanol–water partition coefficient (Wildman–Crippen LogP) is 4.12. The third kappa shape index (κ3) is 3.55. The molecule has 1 saturated heterocycles. The van der Waals surface area contributed by atoms with E-state index in [9.17, 15) is 0 Å². The highest BCUT2D eigenvalue weighted by atomic mass is 15.3. The molecule has 3 nitrogen and oxygen atoms in total. The highest BCUT2D eigenvalue weighted by Gasteiger charge is 2.37. The lowest BCUT2D eigenvalue weighted by Crippen LogP contribution is -2.50. The fraction of sp³-hybridized carbons (Fsp3) is 0.750. The number of aromatic nitrogens is 1. The van der Waals surface area contributed by atoms with Gasteiger partial charge in [-0.15, -0.1) is 0 Å². The zero-order valence-corrected chi connectivity index (χ0v) is 15.4. The highest BCUT2D eigenvalue weighted by Crippen LogP contribution is 2.43. The molecular formula is C20H33N3. The lowest BCUT2D eigenvalue weighted by molar-refractivity contribution is 0.158. The summed E-state index contributed by atoms with van der Waals surface area (Å²) >= 11 is 0. The van der Waals surface area contributed by atoms with Gasteiger partial charge in [-0.25, -0.2) is 0 Å². The molecule has 2 fully saturated rings. The molecule has 0 spiro atoms. The number of piperazine rings is 1. The maximum absolute atomic E-state index is 4.44. The van der Waals surface area contributed by atoms with Crippen LogP contribution in [-0.4, -0.2) is 42.1 Å². The van der Waals surface area contributed by atoms with Crippen LogP contribution in [-0.2, 0) is 0 Å². The molecule has 1 aliphatic carbocycles. The first kappa shape index (κ1) is 16.8. The van der Waals surface area contributed by atoms with Crippen LogP contribution in [0.4, 0.5) is 5.69 Å². The van der Waals surface area contributed by atoms with Crippen LogP contribution in [0.15, 0.2) is 18.3 Å². The molecule has 128 valence electrons. The second-order valence-corrected chi connectivity index (χ2v) is 8.14. The van der Waals surface area contributed by atoms with E-state index in [1.807, 2.05) is 6.20 Å². The van der Waals surface area contributed by atoms with Crippen molar-refractivity contribution < 1.29 is 0 Å². The molecule has 2 aliphatic rings. The summed E-state index contributed by atoms with van der Waals surface area (Å²) in [5.74, 6) is 0.913. The standard InChI is InChI=1S/C20H33N3/c1-5-20(3,4)17-8-9-18(15-17)22-11-13-23(14-12-22)19-7-6-10-21-16(19)2/h6-7,10,17-18H,5,8-9,11-15H2,1-4H3. The Bertz CT molecular complexity index is 517. The van der Waals surface area contributed by atoms with Crippen molar-refractivity contribution in [3.8, 4) is 0 Å². The summed E-state index contributed by atoms with van der Waals surface area (Å²) in [6.45, 7) is 14.1. The fourth-order valence-corrected chi connectivity index (χ4v) is 4.43. The Morgan fingerprint density at radius 3 is 2.57 bits per heavy atom. The summed E-state index contributed by atoms with van der Waals surface area (Å²) in [4.78, 5) is 9.71. The zero-order chi connectivity index (χ0) is 16.4. The van der Waals surface area contributed by atoms with Crippen molar-refractivity contribution in [1.29, 1.82) is 0 Å². The SMILES string of the molecule is CCC(C)(C)C1CCC(N2CCN(c3cccnc3C)CC2)C1. The molecular weight excluding hydrogens is 282 g/mol. The van der Waals surface area contributed by atoms with Crippen molar-refractivity contribution in [1.82, 2.24) is 9.88 Å². The Labute approximate surface area is 142 Å². The number of anilines is 1. The van der Waals surface area contributed by atoms with E-state index in [2.05, 4.69) is 54.6 Å². The highest BCUT2D eigenvalue weighted by molar-refractivity contribution is 5.50. The van der Waals surface area contributed by atoms with Gasteiger partial charge in [0.25, 0.3) is 0 Å². The molecule has 3 rings (SSSR count). The van der Waals surface area contributed by atoms with E-state index in [0.29, 0.717) is 5.41 Å². The molecule has 3 heteroatoms. The molecule has 2 unspecified atom stereocenters. The van der Waals surface area contributed by atoms with E-state index in [0.717, 1.165) is 30.7 Å². The van der Waals surface area contributed by atoms with Crippen LogP contribution in [0.3, 0.4) is 0 Å². The Morgan fingerprint density at radius 2 is 1.91 bits per heavy atom. The van der Waals surface area contributed by atoms with E-state index in [1.54, 1.807) is 0 Å². The molecule has 1 aliphatic heterocycles. The maximum atomic E-state index is 4.44. The summed E-state index contributed by atoms with van der Waals surface area (Å²) < 4.78 is 0. The van der Waals surface area contributed by atoms with Crippen LogP contribution < -0.4 is 4.90 Å². The number of aryl methyl sites for hydroxylation is 1. The first-order valence-electron chi connectivity index (χ1n) is 9.42. The van der Waals surface area contributed by atoms with Gasteiger partial charge in [-0.1, -0.05) is 27.2 Å². The summed E-state index contributed by atoms with van der Waals surface area (Å²) in [5, 5.41) is 0. The van der Waals surface area contributed by atoms with E-state index in [-0.39, 0.29) is 0 Å². The molecule has 1 aromatic heterocycles. The average molecular weight is 316 g/mol. The van der Waals surface area contributed by atoms with E-state index in [1.165, 1.54) is 44.5 Å². The molecule has 0 amide bonds. The lowest BCUT2D eigenvalue weighted by atomic mass is 9.76. The van der Waals surface area contributed by atoms with Gasteiger partial charge in [0, 0.05) is 38.4 Å². The maximum Gasteiger partial charge on any atom is 0.0605 e. The van der Waals surface area contributed by atoms with Crippen LogP contribution in [0.1, 0.15) is 52.1 Å². The van der Waals surface area contributed by atoms with Gasteiger partial charge in [0.15, 0.2) is 0 Å². The van der Waals surface area contributed by atoms with Crippen molar-refractivity contribution in [3.05, 3.63) is 24.0 Å². The molecule has 0 bridgehead atoms. The number of nitrogens with zero attached hydrogens (tertiary/aromatic N) is 3. The van der Waals surface area contributed by atoms with Crippen LogP contribution >= 0.6 is 0 Å². The van der Waals surface area contributed by atoms with Gasteiger partial charge in [0.1, 0.15) is 0 Å². The van der Waals surface area contributed by atoms with E-state index < -0.39 is 0 Å². The van der Waals surface area contributed by atoms with Crippen LogP contribution in [0.2, 0.25) is 0 Å². The quantitative estimate of drug-likeness (QED) is 0.833. The predicted molar refractivity (Wildman–Crippen MR) is 98.0 cm³/mol. The van der Waals surface area contributed by atoms with Crippen molar-refractivity contribution in [2.75, 3.05) is 31.1 Å². The number of rotatable bonds is 4. The van der Waals surface area contributed by atoms with Gasteiger partial charge >= 0.3 is 0 Å². The topological polar surface area (TPSA) is 19.4 Å². The molecule has 1 saturated carbocycles. The Morgan fingerprint density at radius 1 is 1.17 bits per heavy atom. The van der Waals surface area contributed by atoms with Crippen LogP contribution in [0, 0.1) is 18.3 Å². The Hall–Kier alpha value is -1.09.